The quantitative estimate of drug-likeness (QED) is 0.728. The lowest BCUT2D eigenvalue weighted by atomic mass is 9.68. The van der Waals surface area contributed by atoms with Crippen molar-refractivity contribution in [3.05, 3.63) is 0 Å². The van der Waals surface area contributed by atoms with Crippen molar-refractivity contribution in [3.8, 4) is 0 Å². The largest absolute Gasteiger partial charge is 0.229 e. The maximum Gasteiger partial charge on any atom is 0.150 e. The summed E-state index contributed by atoms with van der Waals surface area (Å²) in [5.74, 6) is 1.46. The van der Waals surface area contributed by atoms with Crippen LogP contribution in [-0.2, 0) is 9.84 Å². The molecule has 0 aromatic rings. The second kappa shape index (κ2) is 6.21. The van der Waals surface area contributed by atoms with Gasteiger partial charge in [-0.05, 0) is 37.0 Å². The minimum Gasteiger partial charge on any atom is -0.229 e. The van der Waals surface area contributed by atoms with E-state index in [2.05, 4.69) is 20.8 Å². The summed E-state index contributed by atoms with van der Waals surface area (Å²) >= 11 is 0. The van der Waals surface area contributed by atoms with E-state index in [4.69, 9.17) is 0 Å². The summed E-state index contributed by atoms with van der Waals surface area (Å²) in [6.45, 7) is 6.86. The van der Waals surface area contributed by atoms with Crippen LogP contribution >= 0.6 is 0 Å². The molecule has 0 amide bonds. The van der Waals surface area contributed by atoms with Crippen molar-refractivity contribution in [1.29, 1.82) is 0 Å². The van der Waals surface area contributed by atoms with Gasteiger partial charge in [-0.15, -0.1) is 0 Å². The first-order valence-electron chi connectivity index (χ1n) is 7.14. The van der Waals surface area contributed by atoms with Gasteiger partial charge in [-0.1, -0.05) is 40.0 Å². The van der Waals surface area contributed by atoms with Crippen LogP contribution in [0.15, 0.2) is 0 Å². The van der Waals surface area contributed by atoms with Crippen LogP contribution in [0.3, 0.4) is 0 Å². The van der Waals surface area contributed by atoms with Gasteiger partial charge >= 0.3 is 0 Å². The van der Waals surface area contributed by atoms with Crippen molar-refractivity contribution in [2.75, 3.05) is 11.5 Å². The van der Waals surface area contributed by atoms with E-state index in [1.807, 2.05) is 0 Å². The van der Waals surface area contributed by atoms with E-state index < -0.39 is 9.84 Å². The fraction of sp³-hybridized carbons (Fsp3) is 1.00. The van der Waals surface area contributed by atoms with Crippen molar-refractivity contribution in [3.63, 3.8) is 0 Å². The molecule has 17 heavy (non-hydrogen) atoms. The number of sulfone groups is 1. The fourth-order valence-corrected chi connectivity index (χ4v) is 4.76. The van der Waals surface area contributed by atoms with Crippen LogP contribution in [0.2, 0.25) is 0 Å². The molecule has 0 saturated carbocycles. The van der Waals surface area contributed by atoms with Gasteiger partial charge in [-0.2, -0.15) is 0 Å². The highest BCUT2D eigenvalue weighted by Crippen LogP contribution is 2.43. The Morgan fingerprint density at radius 1 is 1.06 bits per heavy atom. The molecule has 3 heteroatoms. The lowest BCUT2D eigenvalue weighted by Crippen LogP contribution is -2.35. The summed E-state index contributed by atoms with van der Waals surface area (Å²) in [6, 6.07) is 0. The Morgan fingerprint density at radius 2 is 1.65 bits per heavy atom. The maximum atomic E-state index is 11.5. The molecule has 0 aromatic heterocycles. The van der Waals surface area contributed by atoms with Crippen molar-refractivity contribution in [2.45, 2.75) is 65.7 Å². The Bertz CT molecular complexity index is 307. The summed E-state index contributed by atoms with van der Waals surface area (Å²) in [5, 5.41) is 0. The number of hydrogen-bond donors (Lipinski definition) is 0. The first kappa shape index (κ1) is 15.0. The third-order valence-corrected chi connectivity index (χ3v) is 6.18. The normalized spacial score (nSPS) is 24.4. The summed E-state index contributed by atoms with van der Waals surface area (Å²) in [4.78, 5) is 0. The third kappa shape index (κ3) is 4.27. The third-order valence-electron chi connectivity index (χ3n) is 4.46. The second-order valence-electron chi connectivity index (χ2n) is 5.93. The number of hydrogen-bond acceptors (Lipinski definition) is 2. The molecule has 0 aliphatic carbocycles. The molecule has 0 radical (unpaired) electrons. The summed E-state index contributed by atoms with van der Waals surface area (Å²) in [7, 11) is -2.71. The highest BCUT2D eigenvalue weighted by Gasteiger charge is 2.36. The lowest BCUT2D eigenvalue weighted by Gasteiger charge is -2.40. The van der Waals surface area contributed by atoms with E-state index >= 15 is 0 Å². The lowest BCUT2D eigenvalue weighted by molar-refractivity contribution is 0.135. The Kier molecular flexibility index (Phi) is 5.49. The number of rotatable bonds is 6. The summed E-state index contributed by atoms with van der Waals surface area (Å²) in [5.41, 5.74) is 0.376. The highest BCUT2D eigenvalue weighted by atomic mass is 32.2. The fourth-order valence-electron chi connectivity index (χ4n) is 3.27. The van der Waals surface area contributed by atoms with Gasteiger partial charge in [0.2, 0.25) is 0 Å². The molecule has 1 fully saturated rings. The molecular formula is C14H28O2S. The topological polar surface area (TPSA) is 34.1 Å². The monoisotopic (exact) mass is 260 g/mol. The molecule has 1 aliphatic rings. The van der Waals surface area contributed by atoms with E-state index in [0.717, 1.165) is 12.8 Å². The molecule has 2 nitrogen and oxygen atoms in total. The van der Waals surface area contributed by atoms with Crippen molar-refractivity contribution in [1.82, 2.24) is 0 Å². The van der Waals surface area contributed by atoms with Crippen molar-refractivity contribution < 1.29 is 8.42 Å². The molecular weight excluding hydrogens is 232 g/mol. The average molecular weight is 260 g/mol. The van der Waals surface area contributed by atoms with E-state index in [1.54, 1.807) is 0 Å². The van der Waals surface area contributed by atoms with Gasteiger partial charge < -0.3 is 0 Å². The van der Waals surface area contributed by atoms with Crippen LogP contribution in [0, 0.1) is 11.3 Å². The van der Waals surface area contributed by atoms with Crippen molar-refractivity contribution in [2.24, 2.45) is 11.3 Å². The predicted molar refractivity (Wildman–Crippen MR) is 73.9 cm³/mol. The zero-order valence-corrected chi connectivity index (χ0v) is 12.5. The zero-order valence-electron chi connectivity index (χ0n) is 11.7. The molecule has 1 rings (SSSR count). The highest BCUT2D eigenvalue weighted by molar-refractivity contribution is 7.91. The molecule has 1 aliphatic heterocycles. The van der Waals surface area contributed by atoms with Gasteiger partial charge in [-0.25, -0.2) is 8.42 Å². The molecule has 102 valence electrons. The van der Waals surface area contributed by atoms with Crippen LogP contribution in [0.1, 0.15) is 65.7 Å². The Hall–Kier alpha value is -0.0500. The molecule has 1 heterocycles. The van der Waals surface area contributed by atoms with Crippen LogP contribution in [0.4, 0.5) is 0 Å². The van der Waals surface area contributed by atoms with E-state index in [0.29, 0.717) is 22.8 Å². The molecule has 1 atom stereocenters. The smallest absolute Gasteiger partial charge is 0.150 e. The van der Waals surface area contributed by atoms with Crippen molar-refractivity contribution >= 4 is 9.84 Å². The van der Waals surface area contributed by atoms with Gasteiger partial charge in [0.05, 0.1) is 11.5 Å². The van der Waals surface area contributed by atoms with Crippen LogP contribution < -0.4 is 0 Å². The first-order chi connectivity index (χ1) is 7.93. The van der Waals surface area contributed by atoms with Gasteiger partial charge in [0.25, 0.3) is 0 Å². The SMILES string of the molecule is CCCCC(C)(CCC)C1CCS(=O)(=O)CC1. The van der Waals surface area contributed by atoms with E-state index in [9.17, 15) is 8.42 Å². The number of unbranched alkanes of at least 4 members (excludes halogenated alkanes) is 1. The molecule has 0 N–H and O–H groups in total. The van der Waals surface area contributed by atoms with Gasteiger partial charge in [0, 0.05) is 0 Å². The Balaban J connectivity index is 2.64. The molecule has 0 aromatic carbocycles. The van der Waals surface area contributed by atoms with E-state index in [1.165, 1.54) is 32.1 Å². The molecule has 0 spiro atoms. The van der Waals surface area contributed by atoms with Crippen LogP contribution in [0.25, 0.3) is 0 Å². The van der Waals surface area contributed by atoms with Gasteiger partial charge in [0.1, 0.15) is 9.84 Å². The average Bonchev–Trinajstić information content (AvgIpc) is 2.26. The second-order valence-corrected chi connectivity index (χ2v) is 8.24. The summed E-state index contributed by atoms with van der Waals surface area (Å²) in [6.07, 6.45) is 8.03. The minimum absolute atomic E-state index is 0.376. The minimum atomic E-state index is -2.71. The maximum absolute atomic E-state index is 11.5. The van der Waals surface area contributed by atoms with Crippen LogP contribution in [-0.4, -0.2) is 19.9 Å². The predicted octanol–water partition coefficient (Wildman–Crippen LogP) is 3.81. The van der Waals surface area contributed by atoms with Gasteiger partial charge in [0.15, 0.2) is 0 Å². The summed E-state index contributed by atoms with van der Waals surface area (Å²) < 4.78 is 23.0. The van der Waals surface area contributed by atoms with E-state index in [-0.39, 0.29) is 0 Å². The van der Waals surface area contributed by atoms with Gasteiger partial charge in [-0.3, -0.25) is 0 Å². The first-order valence-corrected chi connectivity index (χ1v) is 8.96. The molecule has 1 saturated heterocycles. The Morgan fingerprint density at radius 3 is 2.12 bits per heavy atom. The zero-order chi connectivity index (χ0) is 12.9. The standard InChI is InChI=1S/C14H28O2S/c1-4-6-10-14(3,9-5-2)13-7-11-17(15,16)12-8-13/h13H,4-12H2,1-3H3. The molecule has 0 bridgehead atoms. The molecule has 1 unspecified atom stereocenters. The Labute approximate surface area is 107 Å². The van der Waals surface area contributed by atoms with Crippen LogP contribution in [0.5, 0.6) is 0 Å².